The molecule has 1 atom stereocenters. The molecule has 1 aliphatic rings. The molecular formula is C19H16N4O2. The number of imide groups is 1. The van der Waals surface area contributed by atoms with Crippen molar-refractivity contribution in [2.24, 2.45) is 5.10 Å². The van der Waals surface area contributed by atoms with Crippen LogP contribution in [0.1, 0.15) is 18.1 Å². The molecule has 1 fully saturated rings. The summed E-state index contributed by atoms with van der Waals surface area (Å²) < 4.78 is 0. The first-order valence-electron chi connectivity index (χ1n) is 7.92. The maximum atomic E-state index is 12.8. The van der Waals surface area contributed by atoms with Crippen molar-refractivity contribution >= 4 is 29.1 Å². The SMILES string of the molecule is C[C@]1(c2ccccc2)NC(=O)N(/N=C/c2c[nH]c3ccccc23)C1=O. The number of fused-ring (bicyclic) bond motifs is 1. The second-order valence-corrected chi connectivity index (χ2v) is 6.07. The first-order valence-corrected chi connectivity index (χ1v) is 7.92. The molecule has 2 N–H and O–H groups in total. The van der Waals surface area contributed by atoms with Crippen LogP contribution in [0.25, 0.3) is 10.9 Å². The molecule has 0 aliphatic carbocycles. The van der Waals surface area contributed by atoms with E-state index in [4.69, 9.17) is 0 Å². The Balaban J connectivity index is 1.65. The number of aromatic nitrogens is 1. The highest BCUT2D eigenvalue weighted by Crippen LogP contribution is 2.28. The van der Waals surface area contributed by atoms with Crippen LogP contribution in [0.3, 0.4) is 0 Å². The minimum Gasteiger partial charge on any atom is -0.361 e. The minimum absolute atomic E-state index is 0.403. The summed E-state index contributed by atoms with van der Waals surface area (Å²) in [7, 11) is 0. The Hall–Kier alpha value is -3.41. The lowest BCUT2D eigenvalue weighted by Gasteiger charge is -2.20. The molecule has 3 aromatic rings. The van der Waals surface area contributed by atoms with Crippen LogP contribution in [0.5, 0.6) is 0 Å². The van der Waals surface area contributed by atoms with Crippen molar-refractivity contribution in [1.29, 1.82) is 0 Å². The van der Waals surface area contributed by atoms with E-state index in [9.17, 15) is 9.59 Å². The van der Waals surface area contributed by atoms with Gasteiger partial charge >= 0.3 is 6.03 Å². The maximum Gasteiger partial charge on any atom is 0.346 e. The average Bonchev–Trinajstić information content (AvgIpc) is 3.14. The summed E-state index contributed by atoms with van der Waals surface area (Å²) in [5.41, 5.74) is 1.38. The molecule has 3 amide bonds. The average molecular weight is 332 g/mol. The van der Waals surface area contributed by atoms with Crippen molar-refractivity contribution in [2.75, 3.05) is 0 Å². The van der Waals surface area contributed by atoms with Crippen LogP contribution in [-0.4, -0.2) is 28.1 Å². The van der Waals surface area contributed by atoms with Gasteiger partial charge in [-0.25, -0.2) is 4.79 Å². The summed E-state index contributed by atoms with van der Waals surface area (Å²) in [6, 6.07) is 16.4. The lowest BCUT2D eigenvalue weighted by molar-refractivity contribution is -0.131. The second kappa shape index (κ2) is 5.59. The Morgan fingerprint density at radius 3 is 2.56 bits per heavy atom. The molecule has 124 valence electrons. The number of urea groups is 1. The van der Waals surface area contributed by atoms with Gasteiger partial charge in [0.15, 0.2) is 0 Å². The molecule has 2 heterocycles. The Morgan fingerprint density at radius 2 is 1.76 bits per heavy atom. The first-order chi connectivity index (χ1) is 12.1. The number of H-pyrrole nitrogens is 1. The zero-order chi connectivity index (χ0) is 17.4. The summed E-state index contributed by atoms with van der Waals surface area (Å²) in [6.07, 6.45) is 3.32. The lowest BCUT2D eigenvalue weighted by Crippen LogP contribution is -2.40. The van der Waals surface area contributed by atoms with Crippen molar-refractivity contribution in [1.82, 2.24) is 15.3 Å². The van der Waals surface area contributed by atoms with Crippen molar-refractivity contribution in [3.05, 3.63) is 71.9 Å². The van der Waals surface area contributed by atoms with E-state index >= 15 is 0 Å². The number of nitrogens with zero attached hydrogens (tertiary/aromatic N) is 2. The third-order valence-electron chi connectivity index (χ3n) is 4.45. The van der Waals surface area contributed by atoms with E-state index in [0.29, 0.717) is 0 Å². The predicted octanol–water partition coefficient (Wildman–Crippen LogP) is 2.97. The normalized spacial score (nSPS) is 20.6. The summed E-state index contributed by atoms with van der Waals surface area (Å²) in [5.74, 6) is -0.403. The Morgan fingerprint density at radius 1 is 1.04 bits per heavy atom. The van der Waals surface area contributed by atoms with Gasteiger partial charge in [0, 0.05) is 22.7 Å². The Kier molecular flexibility index (Phi) is 3.39. The van der Waals surface area contributed by atoms with E-state index in [1.54, 1.807) is 13.1 Å². The monoisotopic (exact) mass is 332 g/mol. The van der Waals surface area contributed by atoms with Crippen LogP contribution < -0.4 is 5.32 Å². The number of amides is 3. The highest BCUT2D eigenvalue weighted by atomic mass is 16.2. The van der Waals surface area contributed by atoms with Gasteiger partial charge in [0.25, 0.3) is 5.91 Å². The van der Waals surface area contributed by atoms with E-state index in [1.807, 2.05) is 54.6 Å². The second-order valence-electron chi connectivity index (χ2n) is 6.07. The zero-order valence-corrected chi connectivity index (χ0v) is 13.6. The topological polar surface area (TPSA) is 77.6 Å². The molecule has 6 heteroatoms. The highest BCUT2D eigenvalue weighted by molar-refractivity contribution is 6.08. The van der Waals surface area contributed by atoms with Crippen LogP contribution in [0.4, 0.5) is 4.79 Å². The largest absolute Gasteiger partial charge is 0.361 e. The van der Waals surface area contributed by atoms with Gasteiger partial charge < -0.3 is 10.3 Å². The minimum atomic E-state index is -1.12. The van der Waals surface area contributed by atoms with E-state index in [1.165, 1.54) is 6.21 Å². The van der Waals surface area contributed by atoms with Crippen molar-refractivity contribution in [3.8, 4) is 0 Å². The third-order valence-corrected chi connectivity index (χ3v) is 4.45. The number of carbonyl (C=O) groups is 2. The Bertz CT molecular complexity index is 993. The molecule has 0 radical (unpaired) electrons. The van der Waals surface area contributed by atoms with Crippen LogP contribution in [0, 0.1) is 0 Å². The third kappa shape index (κ3) is 2.39. The molecule has 1 saturated heterocycles. The summed E-state index contributed by atoms with van der Waals surface area (Å²) in [4.78, 5) is 28.2. The molecule has 6 nitrogen and oxygen atoms in total. The molecule has 0 bridgehead atoms. The maximum absolute atomic E-state index is 12.8. The van der Waals surface area contributed by atoms with Crippen molar-refractivity contribution in [2.45, 2.75) is 12.5 Å². The summed E-state index contributed by atoms with van der Waals surface area (Å²) in [6.45, 7) is 1.68. The molecular weight excluding hydrogens is 316 g/mol. The number of para-hydroxylation sites is 1. The number of benzene rings is 2. The van der Waals surface area contributed by atoms with Crippen molar-refractivity contribution < 1.29 is 9.59 Å². The quantitative estimate of drug-likeness (QED) is 0.571. The van der Waals surface area contributed by atoms with Gasteiger partial charge in [0.1, 0.15) is 5.54 Å². The summed E-state index contributed by atoms with van der Waals surface area (Å²) in [5, 5.41) is 8.71. The fourth-order valence-electron chi connectivity index (χ4n) is 3.02. The van der Waals surface area contributed by atoms with Crippen LogP contribution in [-0.2, 0) is 10.3 Å². The smallest absolute Gasteiger partial charge is 0.346 e. The predicted molar refractivity (Wildman–Crippen MR) is 95.1 cm³/mol. The number of hydrazone groups is 1. The Labute approximate surface area is 144 Å². The molecule has 0 spiro atoms. The van der Waals surface area contributed by atoms with E-state index in [2.05, 4.69) is 15.4 Å². The lowest BCUT2D eigenvalue weighted by atomic mass is 9.92. The number of aromatic amines is 1. The van der Waals surface area contributed by atoms with Gasteiger partial charge in [-0.15, -0.1) is 5.01 Å². The fraction of sp³-hybridized carbons (Fsp3) is 0.105. The molecule has 2 aromatic carbocycles. The van der Waals surface area contributed by atoms with Gasteiger partial charge in [-0.05, 0) is 18.6 Å². The molecule has 4 rings (SSSR count). The van der Waals surface area contributed by atoms with Gasteiger partial charge in [0.2, 0.25) is 0 Å². The fourth-order valence-corrected chi connectivity index (χ4v) is 3.02. The number of rotatable bonds is 3. The highest BCUT2D eigenvalue weighted by Gasteiger charge is 2.49. The number of nitrogens with one attached hydrogen (secondary N) is 2. The van der Waals surface area contributed by atoms with Crippen LogP contribution in [0.2, 0.25) is 0 Å². The van der Waals surface area contributed by atoms with Gasteiger partial charge in [-0.2, -0.15) is 5.10 Å². The van der Waals surface area contributed by atoms with Gasteiger partial charge in [0.05, 0.1) is 6.21 Å². The standard InChI is InChI=1S/C19H16N4O2/c1-19(14-7-3-2-4-8-14)17(24)23(18(25)22-19)21-12-13-11-20-16-10-6-5-9-15(13)16/h2-12,20H,1H3,(H,22,25)/b21-12+/t19-/m1/s1. The summed E-state index contributed by atoms with van der Waals surface area (Å²) >= 11 is 0. The molecule has 0 unspecified atom stereocenters. The number of hydrogen-bond acceptors (Lipinski definition) is 3. The molecule has 0 saturated carbocycles. The van der Waals surface area contributed by atoms with Gasteiger partial charge in [-0.3, -0.25) is 4.79 Å². The van der Waals surface area contributed by atoms with E-state index < -0.39 is 17.5 Å². The van der Waals surface area contributed by atoms with E-state index in [0.717, 1.165) is 27.0 Å². The first kappa shape index (κ1) is 15.1. The zero-order valence-electron chi connectivity index (χ0n) is 13.6. The van der Waals surface area contributed by atoms with Crippen LogP contribution in [0.15, 0.2) is 65.9 Å². The molecule has 1 aliphatic heterocycles. The van der Waals surface area contributed by atoms with Crippen molar-refractivity contribution in [3.63, 3.8) is 0 Å². The van der Waals surface area contributed by atoms with Gasteiger partial charge in [-0.1, -0.05) is 48.5 Å². The number of carbonyl (C=O) groups excluding carboxylic acids is 2. The molecule has 1 aromatic heterocycles. The molecule has 25 heavy (non-hydrogen) atoms. The number of hydrogen-bond donors (Lipinski definition) is 2. The van der Waals surface area contributed by atoms with Crippen LogP contribution >= 0.6 is 0 Å². The van der Waals surface area contributed by atoms with E-state index in [-0.39, 0.29) is 0 Å².